The predicted molar refractivity (Wildman–Crippen MR) is 115 cm³/mol. The van der Waals surface area contributed by atoms with E-state index >= 15 is 0 Å². The molecule has 0 fully saturated rings. The van der Waals surface area contributed by atoms with Crippen LogP contribution in [0.2, 0.25) is 0 Å². The van der Waals surface area contributed by atoms with Crippen molar-refractivity contribution in [3.05, 3.63) is 71.0 Å². The largest absolute Gasteiger partial charge is 0.485 e. The lowest BCUT2D eigenvalue weighted by atomic mass is 10.1. The van der Waals surface area contributed by atoms with Gasteiger partial charge in [0, 0.05) is 7.05 Å². The Hall–Kier alpha value is -2.80. The number of aromatic nitrogens is 3. The van der Waals surface area contributed by atoms with Gasteiger partial charge in [-0.25, -0.2) is 0 Å². The first-order chi connectivity index (χ1) is 13.9. The molecule has 0 bridgehead atoms. The molecular weight excluding hydrogens is 384 g/mol. The molecule has 7 heteroatoms. The van der Waals surface area contributed by atoms with Crippen LogP contribution in [-0.4, -0.2) is 26.4 Å². The van der Waals surface area contributed by atoms with Crippen molar-refractivity contribution in [1.82, 2.24) is 20.1 Å². The molecule has 1 N–H and O–H groups in total. The van der Waals surface area contributed by atoms with Gasteiger partial charge in [-0.3, -0.25) is 4.79 Å². The molecule has 0 saturated carbocycles. The van der Waals surface area contributed by atoms with Gasteiger partial charge in [-0.15, -0.1) is 10.2 Å². The molecule has 1 unspecified atom stereocenters. The number of carbonyl (C=O) groups is 1. The van der Waals surface area contributed by atoms with E-state index in [4.69, 9.17) is 4.74 Å². The zero-order valence-corrected chi connectivity index (χ0v) is 18.0. The molecule has 0 aliphatic rings. The Morgan fingerprint density at radius 3 is 2.66 bits per heavy atom. The lowest BCUT2D eigenvalue weighted by molar-refractivity contribution is -0.119. The number of amides is 1. The fourth-order valence-electron chi connectivity index (χ4n) is 2.94. The minimum Gasteiger partial charge on any atom is -0.485 e. The second-order valence-corrected chi connectivity index (χ2v) is 7.95. The topological polar surface area (TPSA) is 69.0 Å². The Balaban J connectivity index is 1.52. The standard InChI is InChI=1S/C22H26N4O2S/c1-15-10-11-19(16(2)12-15)28-13-20-24-25-22(26(20)4)29-14-21(27)23-17(3)18-8-6-5-7-9-18/h5-12,17H,13-14H2,1-4H3,(H,23,27). The van der Waals surface area contributed by atoms with E-state index < -0.39 is 0 Å². The van der Waals surface area contributed by atoms with Crippen LogP contribution >= 0.6 is 11.8 Å². The maximum Gasteiger partial charge on any atom is 0.230 e. The molecule has 0 saturated heterocycles. The highest BCUT2D eigenvalue weighted by atomic mass is 32.2. The molecule has 2 aromatic carbocycles. The third-order valence-electron chi connectivity index (χ3n) is 4.62. The van der Waals surface area contributed by atoms with Gasteiger partial charge in [0.25, 0.3) is 0 Å². The molecule has 29 heavy (non-hydrogen) atoms. The number of aryl methyl sites for hydroxylation is 2. The first kappa shape index (κ1) is 20.9. The van der Waals surface area contributed by atoms with Crippen LogP contribution in [0.5, 0.6) is 5.75 Å². The highest BCUT2D eigenvalue weighted by Gasteiger charge is 2.14. The van der Waals surface area contributed by atoms with Crippen molar-refractivity contribution in [2.75, 3.05) is 5.75 Å². The van der Waals surface area contributed by atoms with E-state index in [2.05, 4.69) is 28.5 Å². The lowest BCUT2D eigenvalue weighted by Crippen LogP contribution is -2.28. The molecule has 0 spiro atoms. The van der Waals surface area contributed by atoms with Gasteiger partial charge in [0.1, 0.15) is 12.4 Å². The molecule has 3 aromatic rings. The normalized spacial score (nSPS) is 11.9. The number of thioether (sulfide) groups is 1. The Morgan fingerprint density at radius 2 is 1.93 bits per heavy atom. The fraction of sp³-hybridized carbons (Fsp3) is 0.318. The second kappa shape index (κ2) is 9.60. The Labute approximate surface area is 175 Å². The van der Waals surface area contributed by atoms with Gasteiger partial charge in [-0.2, -0.15) is 0 Å². The zero-order valence-electron chi connectivity index (χ0n) is 17.2. The predicted octanol–water partition coefficient (Wildman–Crippen LogP) is 3.98. The van der Waals surface area contributed by atoms with Crippen LogP contribution in [-0.2, 0) is 18.4 Å². The summed E-state index contributed by atoms with van der Waals surface area (Å²) in [6.07, 6.45) is 0. The highest BCUT2D eigenvalue weighted by Crippen LogP contribution is 2.21. The van der Waals surface area contributed by atoms with Gasteiger partial charge in [0.15, 0.2) is 11.0 Å². The Morgan fingerprint density at radius 1 is 1.17 bits per heavy atom. The molecule has 1 atom stereocenters. The number of nitrogens with one attached hydrogen (secondary N) is 1. The van der Waals surface area contributed by atoms with E-state index in [0.717, 1.165) is 16.9 Å². The van der Waals surface area contributed by atoms with Gasteiger partial charge in [-0.05, 0) is 38.0 Å². The lowest BCUT2D eigenvalue weighted by Gasteiger charge is -2.14. The SMILES string of the molecule is Cc1ccc(OCc2nnc(SCC(=O)NC(C)c3ccccc3)n2C)c(C)c1. The van der Waals surface area contributed by atoms with Crippen LogP contribution in [0.15, 0.2) is 53.7 Å². The summed E-state index contributed by atoms with van der Waals surface area (Å²) in [5, 5.41) is 12.1. The summed E-state index contributed by atoms with van der Waals surface area (Å²) in [4.78, 5) is 12.3. The van der Waals surface area contributed by atoms with Gasteiger partial charge in [0.2, 0.25) is 5.91 Å². The minimum absolute atomic E-state index is 0.0366. The van der Waals surface area contributed by atoms with Gasteiger partial charge < -0.3 is 14.6 Å². The molecule has 0 radical (unpaired) electrons. The molecular formula is C22H26N4O2S. The summed E-state index contributed by atoms with van der Waals surface area (Å²) in [7, 11) is 1.88. The third kappa shape index (κ3) is 5.60. The van der Waals surface area contributed by atoms with Crippen molar-refractivity contribution in [2.45, 2.75) is 38.6 Å². The minimum atomic E-state index is -0.0394. The number of ether oxygens (including phenoxy) is 1. The van der Waals surface area contributed by atoms with E-state index in [0.29, 0.717) is 17.6 Å². The van der Waals surface area contributed by atoms with E-state index in [1.54, 1.807) is 0 Å². The van der Waals surface area contributed by atoms with Crippen LogP contribution in [0.1, 0.15) is 35.5 Å². The van der Waals surface area contributed by atoms with Crippen molar-refractivity contribution >= 4 is 17.7 Å². The Kier molecular flexibility index (Phi) is 6.93. The van der Waals surface area contributed by atoms with E-state index in [1.165, 1.54) is 17.3 Å². The van der Waals surface area contributed by atoms with Gasteiger partial charge >= 0.3 is 0 Å². The number of rotatable bonds is 8. The second-order valence-electron chi connectivity index (χ2n) is 7.00. The summed E-state index contributed by atoms with van der Waals surface area (Å²) < 4.78 is 7.75. The van der Waals surface area contributed by atoms with Crippen LogP contribution in [0.4, 0.5) is 0 Å². The first-order valence-corrected chi connectivity index (χ1v) is 10.5. The number of benzene rings is 2. The van der Waals surface area contributed by atoms with Crippen molar-refractivity contribution < 1.29 is 9.53 Å². The summed E-state index contributed by atoms with van der Waals surface area (Å²) in [6, 6.07) is 15.9. The smallest absolute Gasteiger partial charge is 0.230 e. The van der Waals surface area contributed by atoms with Crippen molar-refractivity contribution in [3.8, 4) is 5.75 Å². The number of carbonyl (C=O) groups excluding carboxylic acids is 1. The van der Waals surface area contributed by atoms with Gasteiger partial charge in [0.05, 0.1) is 11.8 Å². The molecule has 0 aliphatic heterocycles. The maximum atomic E-state index is 12.3. The van der Waals surface area contributed by atoms with Crippen molar-refractivity contribution in [2.24, 2.45) is 7.05 Å². The molecule has 0 aliphatic carbocycles. The quantitative estimate of drug-likeness (QED) is 0.569. The molecule has 6 nitrogen and oxygen atoms in total. The van der Waals surface area contributed by atoms with Gasteiger partial charge in [-0.1, -0.05) is 59.8 Å². The first-order valence-electron chi connectivity index (χ1n) is 9.49. The molecule has 3 rings (SSSR count). The average molecular weight is 411 g/mol. The number of hydrogen-bond acceptors (Lipinski definition) is 5. The molecule has 1 aromatic heterocycles. The highest BCUT2D eigenvalue weighted by molar-refractivity contribution is 7.99. The monoisotopic (exact) mass is 410 g/mol. The van der Waals surface area contributed by atoms with Crippen LogP contribution < -0.4 is 10.1 Å². The third-order valence-corrected chi connectivity index (χ3v) is 5.64. The Bertz CT molecular complexity index is 972. The van der Waals surface area contributed by atoms with Crippen LogP contribution in [0.25, 0.3) is 0 Å². The van der Waals surface area contributed by atoms with Crippen LogP contribution in [0.3, 0.4) is 0 Å². The van der Waals surface area contributed by atoms with E-state index in [9.17, 15) is 4.79 Å². The summed E-state index contributed by atoms with van der Waals surface area (Å²) >= 11 is 1.36. The fourth-order valence-corrected chi connectivity index (χ4v) is 3.68. The molecule has 1 amide bonds. The van der Waals surface area contributed by atoms with E-state index in [-0.39, 0.29) is 17.7 Å². The average Bonchev–Trinajstić information content (AvgIpc) is 3.06. The maximum absolute atomic E-state index is 12.3. The summed E-state index contributed by atoms with van der Waals surface area (Å²) in [5.41, 5.74) is 3.37. The molecule has 1 heterocycles. The molecule has 152 valence electrons. The number of nitrogens with zero attached hydrogens (tertiary/aromatic N) is 3. The van der Waals surface area contributed by atoms with Crippen molar-refractivity contribution in [1.29, 1.82) is 0 Å². The summed E-state index contributed by atoms with van der Waals surface area (Å²) in [5.74, 6) is 1.79. The van der Waals surface area contributed by atoms with E-state index in [1.807, 2.05) is 67.9 Å². The summed E-state index contributed by atoms with van der Waals surface area (Å²) in [6.45, 7) is 6.38. The zero-order chi connectivity index (χ0) is 20.8. The van der Waals surface area contributed by atoms with Crippen LogP contribution in [0, 0.1) is 13.8 Å². The number of hydrogen-bond donors (Lipinski definition) is 1. The van der Waals surface area contributed by atoms with Crippen molar-refractivity contribution in [3.63, 3.8) is 0 Å².